The van der Waals surface area contributed by atoms with E-state index in [-0.39, 0.29) is 5.78 Å². The van der Waals surface area contributed by atoms with E-state index < -0.39 is 5.38 Å². The number of Topliss-reactive ketones (excluding diaryl/α,β-unsaturated/α-hetero) is 1. The average molecular weight is 282 g/mol. The molecule has 0 N–H and O–H groups in total. The molecule has 0 radical (unpaired) electrons. The van der Waals surface area contributed by atoms with Crippen LogP contribution in [0.2, 0.25) is 0 Å². The maximum Gasteiger partial charge on any atom is 0.182 e. The molecule has 1 saturated carbocycles. The van der Waals surface area contributed by atoms with Crippen molar-refractivity contribution in [3.8, 4) is 0 Å². The van der Waals surface area contributed by atoms with Gasteiger partial charge in [0.05, 0.1) is 5.38 Å². The monoisotopic (exact) mass is 281 g/mol. The van der Waals surface area contributed by atoms with Crippen LogP contribution < -0.4 is 0 Å². The van der Waals surface area contributed by atoms with Gasteiger partial charge in [0.25, 0.3) is 0 Å². The van der Waals surface area contributed by atoms with Crippen molar-refractivity contribution < 1.29 is 4.79 Å². The minimum absolute atomic E-state index is 0.0374. The number of rotatable bonds is 5. The minimum Gasteiger partial charge on any atom is -0.348 e. The van der Waals surface area contributed by atoms with Gasteiger partial charge in [0.15, 0.2) is 5.78 Å². The largest absolute Gasteiger partial charge is 0.348 e. The van der Waals surface area contributed by atoms with E-state index in [4.69, 9.17) is 11.6 Å². The third kappa shape index (κ3) is 2.60. The van der Waals surface area contributed by atoms with E-state index in [0.29, 0.717) is 11.3 Å². The first kappa shape index (κ1) is 14.6. The van der Waals surface area contributed by atoms with Gasteiger partial charge in [-0.1, -0.05) is 13.8 Å². The lowest BCUT2D eigenvalue weighted by molar-refractivity contribution is 0.0991. The van der Waals surface area contributed by atoms with Crippen molar-refractivity contribution >= 4 is 17.4 Å². The predicted molar refractivity (Wildman–Crippen MR) is 80.1 cm³/mol. The van der Waals surface area contributed by atoms with Crippen LogP contribution in [0.3, 0.4) is 0 Å². The lowest BCUT2D eigenvalue weighted by Crippen LogP contribution is -2.20. The fourth-order valence-corrected chi connectivity index (χ4v) is 3.02. The van der Waals surface area contributed by atoms with E-state index in [1.165, 1.54) is 18.5 Å². The zero-order valence-electron chi connectivity index (χ0n) is 12.6. The second-order valence-electron chi connectivity index (χ2n) is 6.37. The Labute approximate surface area is 121 Å². The molecule has 1 aromatic rings. The molecule has 0 bridgehead atoms. The Bertz CT molecular complexity index is 495. The number of nitrogens with zero attached hydrogens (tertiary/aromatic N) is 1. The predicted octanol–water partition coefficient (Wildman–Crippen LogP) is 4.35. The summed E-state index contributed by atoms with van der Waals surface area (Å²) >= 11 is 5.93. The number of carbonyl (C=O) groups excluding carboxylic acids is 1. The fourth-order valence-electron chi connectivity index (χ4n) is 2.90. The van der Waals surface area contributed by atoms with Crippen LogP contribution in [0.1, 0.15) is 55.4 Å². The Balaban J connectivity index is 2.30. The van der Waals surface area contributed by atoms with Gasteiger partial charge in [-0.15, -0.1) is 11.6 Å². The molecule has 0 spiro atoms. The zero-order chi connectivity index (χ0) is 14.4. The van der Waals surface area contributed by atoms with Gasteiger partial charge >= 0.3 is 0 Å². The van der Waals surface area contributed by atoms with Crippen LogP contribution in [0, 0.1) is 25.2 Å². The van der Waals surface area contributed by atoms with Crippen LogP contribution in [-0.2, 0) is 6.54 Å². The molecule has 0 aromatic carbocycles. The molecule has 3 heteroatoms. The van der Waals surface area contributed by atoms with Crippen molar-refractivity contribution in [3.63, 3.8) is 0 Å². The summed E-state index contributed by atoms with van der Waals surface area (Å²) in [5, 5.41) is -0.450. The van der Waals surface area contributed by atoms with E-state index in [2.05, 4.69) is 25.3 Å². The first-order valence-electron chi connectivity index (χ1n) is 7.13. The van der Waals surface area contributed by atoms with Gasteiger partial charge in [-0.25, -0.2) is 0 Å². The molecule has 2 rings (SSSR count). The minimum atomic E-state index is -0.450. The van der Waals surface area contributed by atoms with Gasteiger partial charge in [-0.05, 0) is 51.0 Å². The molecule has 0 aliphatic heterocycles. The van der Waals surface area contributed by atoms with E-state index in [1.54, 1.807) is 6.92 Å². The lowest BCUT2D eigenvalue weighted by atomic mass is 9.92. The number of alkyl halides is 1. The summed E-state index contributed by atoms with van der Waals surface area (Å²) in [5.74, 6) is 0.732. The maximum absolute atomic E-state index is 12.1. The molecule has 1 aliphatic carbocycles. The quantitative estimate of drug-likeness (QED) is 0.581. The van der Waals surface area contributed by atoms with Crippen molar-refractivity contribution in [1.82, 2.24) is 4.57 Å². The van der Waals surface area contributed by atoms with E-state index >= 15 is 0 Å². The van der Waals surface area contributed by atoms with Gasteiger partial charge in [0.1, 0.15) is 0 Å². The molecule has 106 valence electrons. The summed E-state index contributed by atoms with van der Waals surface area (Å²) in [5.41, 5.74) is 3.48. The highest BCUT2D eigenvalue weighted by molar-refractivity contribution is 6.33. The van der Waals surface area contributed by atoms with E-state index in [9.17, 15) is 4.79 Å². The van der Waals surface area contributed by atoms with Crippen LogP contribution in [0.5, 0.6) is 0 Å². The molecule has 1 unspecified atom stereocenters. The molecule has 19 heavy (non-hydrogen) atoms. The average Bonchev–Trinajstić information content (AvgIpc) is 3.06. The smallest absolute Gasteiger partial charge is 0.182 e. The third-order valence-corrected chi connectivity index (χ3v) is 4.99. The second kappa shape index (κ2) is 4.97. The molecule has 2 nitrogen and oxygen atoms in total. The summed E-state index contributed by atoms with van der Waals surface area (Å²) in [6.07, 6.45) is 2.60. The van der Waals surface area contributed by atoms with Gasteiger partial charge in [-0.3, -0.25) is 4.79 Å². The third-order valence-electron chi connectivity index (χ3n) is 4.79. The standard InChI is InChI=1S/C16H24ClNO/c1-10(2)16(6-7-16)9-18-11(3)8-14(13(18)5)15(19)12(4)17/h8,10,12H,6-7,9H2,1-5H3. The summed E-state index contributed by atoms with van der Waals surface area (Å²) in [7, 11) is 0. The normalized spacial score (nSPS) is 18.7. The van der Waals surface area contributed by atoms with Crippen LogP contribution in [0.15, 0.2) is 6.07 Å². The number of halogens is 1. The second-order valence-corrected chi connectivity index (χ2v) is 7.02. The summed E-state index contributed by atoms with van der Waals surface area (Å²) in [6, 6.07) is 1.99. The number of aromatic nitrogens is 1. The van der Waals surface area contributed by atoms with Crippen molar-refractivity contribution in [3.05, 3.63) is 23.0 Å². The Morgan fingerprint density at radius 1 is 1.37 bits per heavy atom. The molecule has 0 saturated heterocycles. The number of hydrogen-bond donors (Lipinski definition) is 0. The molecular weight excluding hydrogens is 258 g/mol. The molecule has 0 amide bonds. The molecule has 1 atom stereocenters. The summed E-state index contributed by atoms with van der Waals surface area (Å²) in [4.78, 5) is 12.1. The van der Waals surface area contributed by atoms with Gasteiger partial charge < -0.3 is 4.57 Å². The topological polar surface area (TPSA) is 22.0 Å². The van der Waals surface area contributed by atoms with Crippen LogP contribution in [0.4, 0.5) is 0 Å². The summed E-state index contributed by atoms with van der Waals surface area (Å²) < 4.78 is 2.31. The zero-order valence-corrected chi connectivity index (χ0v) is 13.3. The van der Waals surface area contributed by atoms with Gasteiger partial charge in [0.2, 0.25) is 0 Å². The molecule has 1 heterocycles. The number of aryl methyl sites for hydroxylation is 1. The highest BCUT2D eigenvalue weighted by Crippen LogP contribution is 2.53. The molecule has 1 aromatic heterocycles. The Morgan fingerprint density at radius 3 is 2.37 bits per heavy atom. The Hall–Kier alpha value is -0.760. The highest BCUT2D eigenvalue weighted by atomic mass is 35.5. The van der Waals surface area contributed by atoms with Crippen LogP contribution in [0.25, 0.3) is 0 Å². The lowest BCUT2D eigenvalue weighted by Gasteiger charge is -2.22. The van der Waals surface area contributed by atoms with Gasteiger partial charge in [-0.2, -0.15) is 0 Å². The van der Waals surface area contributed by atoms with Crippen LogP contribution >= 0.6 is 11.6 Å². The number of carbonyl (C=O) groups is 1. The maximum atomic E-state index is 12.1. The van der Waals surface area contributed by atoms with Crippen LogP contribution in [-0.4, -0.2) is 15.7 Å². The number of ketones is 1. The first-order chi connectivity index (χ1) is 8.78. The van der Waals surface area contributed by atoms with Gasteiger partial charge in [0, 0.05) is 23.5 Å². The van der Waals surface area contributed by atoms with Crippen molar-refractivity contribution in [2.75, 3.05) is 0 Å². The SMILES string of the molecule is Cc1cc(C(=O)C(C)Cl)c(C)n1CC1(C(C)C)CC1. The number of hydrogen-bond acceptors (Lipinski definition) is 1. The summed E-state index contributed by atoms with van der Waals surface area (Å²) in [6.45, 7) is 11.5. The Morgan fingerprint density at radius 2 is 1.95 bits per heavy atom. The Kier molecular flexibility index (Phi) is 3.83. The van der Waals surface area contributed by atoms with E-state index in [0.717, 1.165) is 17.8 Å². The molecule has 1 aliphatic rings. The highest BCUT2D eigenvalue weighted by Gasteiger charge is 2.45. The first-order valence-corrected chi connectivity index (χ1v) is 7.57. The molecular formula is C16H24ClNO. The van der Waals surface area contributed by atoms with Crippen molar-refractivity contribution in [1.29, 1.82) is 0 Å². The van der Waals surface area contributed by atoms with Crippen molar-refractivity contribution in [2.45, 2.75) is 59.4 Å². The van der Waals surface area contributed by atoms with Crippen molar-refractivity contribution in [2.24, 2.45) is 11.3 Å². The molecule has 1 fully saturated rings. The van der Waals surface area contributed by atoms with E-state index in [1.807, 2.05) is 13.0 Å². The fraction of sp³-hybridized carbons (Fsp3) is 0.688.